The molecule has 0 atom stereocenters. The van der Waals surface area contributed by atoms with Crippen molar-refractivity contribution in [1.82, 2.24) is 29.5 Å². The molecule has 0 unspecified atom stereocenters. The summed E-state index contributed by atoms with van der Waals surface area (Å²) in [6.45, 7) is 2.85. The summed E-state index contributed by atoms with van der Waals surface area (Å²) >= 11 is 0. The molecule has 0 fully saturated rings. The highest BCUT2D eigenvalue weighted by Crippen LogP contribution is 2.29. The number of rotatable bonds is 6. The van der Waals surface area contributed by atoms with Crippen molar-refractivity contribution >= 4 is 11.8 Å². The molecule has 0 spiro atoms. The van der Waals surface area contributed by atoms with Crippen molar-refractivity contribution in [2.75, 3.05) is 14.2 Å². The Balaban J connectivity index is 1.57. The lowest BCUT2D eigenvalue weighted by atomic mass is 10.1. The van der Waals surface area contributed by atoms with Crippen LogP contribution < -0.4 is 9.47 Å². The number of hydrogen-bond acceptors (Lipinski definition) is 8. The second kappa shape index (κ2) is 10.1. The van der Waals surface area contributed by atoms with Gasteiger partial charge in [-0.15, -0.1) is 10.2 Å². The average Bonchev–Trinajstić information content (AvgIpc) is 3.59. The smallest absolute Gasteiger partial charge is 0.245 e. The molecule has 0 amide bonds. The van der Waals surface area contributed by atoms with Crippen molar-refractivity contribution in [3.63, 3.8) is 0 Å². The topological polar surface area (TPSA) is 114 Å². The minimum atomic E-state index is -0.286. The summed E-state index contributed by atoms with van der Waals surface area (Å²) in [5.74, 6) is 2.38. The van der Waals surface area contributed by atoms with Crippen molar-refractivity contribution in [3.8, 4) is 57.1 Å². The van der Waals surface area contributed by atoms with Gasteiger partial charge < -0.3 is 9.47 Å². The van der Waals surface area contributed by atoms with Crippen molar-refractivity contribution < 1.29 is 19.1 Å². The monoisotopic (exact) mass is 508 g/mol. The summed E-state index contributed by atoms with van der Waals surface area (Å²) in [5.41, 5.74) is 2.75. The number of aromatic nitrogens is 6. The zero-order chi connectivity index (χ0) is 26.8. The van der Waals surface area contributed by atoms with E-state index in [9.17, 15) is 9.59 Å². The zero-order valence-electron chi connectivity index (χ0n) is 21.2. The lowest BCUT2D eigenvalue weighted by molar-refractivity contribution is 0.0915. The van der Waals surface area contributed by atoms with E-state index in [0.717, 1.165) is 11.1 Å². The highest BCUT2D eigenvalue weighted by Gasteiger charge is 2.20. The molecule has 38 heavy (non-hydrogen) atoms. The molecule has 0 radical (unpaired) electrons. The Kier molecular flexibility index (Phi) is 6.53. The third-order valence-corrected chi connectivity index (χ3v) is 5.89. The molecule has 0 bridgehead atoms. The highest BCUT2D eigenvalue weighted by molar-refractivity contribution is 5.84. The normalized spacial score (nSPS) is 10.8. The molecular weight excluding hydrogens is 484 g/mol. The number of nitrogens with zero attached hydrogens (tertiary/aromatic N) is 6. The average molecular weight is 509 g/mol. The largest absolute Gasteiger partial charge is 0.497 e. The van der Waals surface area contributed by atoms with Crippen LogP contribution in [0.3, 0.4) is 0 Å². The van der Waals surface area contributed by atoms with Crippen LogP contribution in [0.2, 0.25) is 0 Å². The number of hydrogen-bond donors (Lipinski definition) is 0. The van der Waals surface area contributed by atoms with Crippen LogP contribution in [0.1, 0.15) is 23.4 Å². The molecule has 190 valence electrons. The number of carbonyl (C=O) groups is 2. The van der Waals surface area contributed by atoms with E-state index in [1.54, 1.807) is 38.5 Å². The number of carbonyl (C=O) groups excluding carboxylic acids is 2. The minimum Gasteiger partial charge on any atom is -0.497 e. The van der Waals surface area contributed by atoms with E-state index in [1.165, 1.54) is 23.2 Å². The zero-order valence-corrected chi connectivity index (χ0v) is 21.2. The Morgan fingerprint density at radius 2 is 1.00 bits per heavy atom. The van der Waals surface area contributed by atoms with Gasteiger partial charge in [0.1, 0.15) is 11.5 Å². The number of benzene rings is 3. The highest BCUT2D eigenvalue weighted by atomic mass is 16.5. The van der Waals surface area contributed by atoms with Crippen LogP contribution in [-0.2, 0) is 0 Å². The van der Waals surface area contributed by atoms with Crippen LogP contribution in [0.5, 0.6) is 11.5 Å². The molecule has 3 aromatic carbocycles. The fraction of sp³-hybridized carbons (Fsp3) is 0.143. The van der Waals surface area contributed by atoms with E-state index in [0.29, 0.717) is 45.9 Å². The van der Waals surface area contributed by atoms with Crippen molar-refractivity contribution in [2.45, 2.75) is 13.8 Å². The molecular formula is C28H24N6O4. The summed E-state index contributed by atoms with van der Waals surface area (Å²) in [4.78, 5) is 34.2. The van der Waals surface area contributed by atoms with Gasteiger partial charge in [-0.3, -0.25) is 9.59 Å². The predicted molar refractivity (Wildman–Crippen MR) is 141 cm³/mol. The van der Waals surface area contributed by atoms with E-state index in [1.807, 2.05) is 48.5 Å². The van der Waals surface area contributed by atoms with Crippen LogP contribution in [0.15, 0.2) is 72.8 Å². The Hall–Kier alpha value is -5.12. The molecule has 10 nitrogen and oxygen atoms in total. The fourth-order valence-corrected chi connectivity index (χ4v) is 3.96. The lowest BCUT2D eigenvalue weighted by Crippen LogP contribution is -2.10. The lowest BCUT2D eigenvalue weighted by Gasteiger charge is -2.05. The van der Waals surface area contributed by atoms with Crippen LogP contribution in [0, 0.1) is 0 Å². The molecule has 0 saturated carbocycles. The van der Waals surface area contributed by atoms with Gasteiger partial charge in [0.05, 0.1) is 14.2 Å². The Bertz CT molecular complexity index is 1520. The number of methoxy groups -OCH3 is 2. The molecule has 0 aliphatic rings. The maximum Gasteiger partial charge on any atom is 0.245 e. The fourth-order valence-electron chi connectivity index (χ4n) is 3.96. The maximum atomic E-state index is 12.4. The first-order chi connectivity index (χ1) is 18.4. The standard InChI is InChI=1S/C28H24N6O4/c1-17(35)33-27(29-25(31-33)19-8-12-23(37-3)13-9-19)21-6-5-7-22(16-21)28-30-26(32-34(28)18(2)36)20-10-14-24(38-4)15-11-20/h5-16H,1-4H3. The summed E-state index contributed by atoms with van der Waals surface area (Å²) in [6.07, 6.45) is 0. The molecule has 2 aromatic heterocycles. The van der Waals surface area contributed by atoms with Crippen LogP contribution in [0.25, 0.3) is 45.6 Å². The molecule has 2 heterocycles. The van der Waals surface area contributed by atoms with Gasteiger partial charge in [0.15, 0.2) is 23.3 Å². The van der Waals surface area contributed by atoms with E-state index >= 15 is 0 Å². The van der Waals surface area contributed by atoms with Gasteiger partial charge in [-0.05, 0) is 54.6 Å². The molecule has 0 aliphatic carbocycles. The predicted octanol–water partition coefficient (Wildman–Crippen LogP) is 4.88. The molecule has 0 N–H and O–H groups in total. The van der Waals surface area contributed by atoms with Crippen LogP contribution >= 0.6 is 0 Å². The van der Waals surface area contributed by atoms with Crippen molar-refractivity contribution in [2.24, 2.45) is 0 Å². The first-order valence-electron chi connectivity index (χ1n) is 11.7. The second-order valence-corrected chi connectivity index (χ2v) is 8.42. The van der Waals surface area contributed by atoms with Crippen LogP contribution in [0.4, 0.5) is 0 Å². The van der Waals surface area contributed by atoms with Gasteiger partial charge in [-0.2, -0.15) is 9.36 Å². The van der Waals surface area contributed by atoms with Crippen molar-refractivity contribution in [1.29, 1.82) is 0 Å². The van der Waals surface area contributed by atoms with E-state index in [-0.39, 0.29) is 11.8 Å². The Morgan fingerprint density at radius 1 is 0.605 bits per heavy atom. The Morgan fingerprint density at radius 3 is 1.34 bits per heavy atom. The van der Waals surface area contributed by atoms with Gasteiger partial charge in [-0.1, -0.05) is 18.2 Å². The Labute approximate surface area is 218 Å². The minimum absolute atomic E-state index is 0.286. The van der Waals surface area contributed by atoms with E-state index in [4.69, 9.17) is 9.47 Å². The van der Waals surface area contributed by atoms with Gasteiger partial charge in [0.2, 0.25) is 11.8 Å². The molecule has 0 aliphatic heterocycles. The van der Waals surface area contributed by atoms with Gasteiger partial charge in [0.25, 0.3) is 0 Å². The molecule has 5 rings (SSSR count). The van der Waals surface area contributed by atoms with Gasteiger partial charge in [0, 0.05) is 36.1 Å². The molecule has 10 heteroatoms. The summed E-state index contributed by atoms with van der Waals surface area (Å²) < 4.78 is 13.0. The third-order valence-electron chi connectivity index (χ3n) is 5.89. The maximum absolute atomic E-state index is 12.4. The van der Waals surface area contributed by atoms with Crippen LogP contribution in [-0.4, -0.2) is 55.6 Å². The summed E-state index contributed by atoms with van der Waals surface area (Å²) in [6, 6.07) is 21.8. The number of ether oxygens (including phenoxy) is 2. The SMILES string of the molecule is COc1ccc(-c2nc(-c3cccc(-c4nc(-c5ccc(OC)cc5)nn4C(C)=O)c3)n(C(C)=O)n2)cc1. The van der Waals surface area contributed by atoms with E-state index in [2.05, 4.69) is 20.2 Å². The van der Waals surface area contributed by atoms with Gasteiger partial charge in [-0.25, -0.2) is 9.97 Å². The third kappa shape index (κ3) is 4.66. The van der Waals surface area contributed by atoms with Crippen molar-refractivity contribution in [3.05, 3.63) is 72.8 Å². The molecule has 5 aromatic rings. The summed E-state index contributed by atoms with van der Waals surface area (Å²) in [7, 11) is 3.19. The van der Waals surface area contributed by atoms with Gasteiger partial charge >= 0.3 is 0 Å². The first-order valence-corrected chi connectivity index (χ1v) is 11.7. The quantitative estimate of drug-likeness (QED) is 0.319. The summed E-state index contributed by atoms with van der Waals surface area (Å²) in [5, 5.41) is 8.87. The second-order valence-electron chi connectivity index (χ2n) is 8.42. The van der Waals surface area contributed by atoms with E-state index < -0.39 is 0 Å². The molecule has 0 saturated heterocycles. The first kappa shape index (κ1) is 24.6.